The smallest absolute Gasteiger partial charge is 0.0438 e. The highest BCUT2D eigenvalue weighted by molar-refractivity contribution is 9.10. The Morgan fingerprint density at radius 3 is 2.47 bits per heavy atom. The van der Waals surface area contributed by atoms with Crippen LogP contribution in [0.5, 0.6) is 0 Å². The van der Waals surface area contributed by atoms with Gasteiger partial charge in [0.2, 0.25) is 0 Å². The molecule has 2 rings (SSSR count). The minimum absolute atomic E-state index is 0.363. The molecular formula is C15H14Br2. The Bertz CT molecular complexity index is 492. The van der Waals surface area contributed by atoms with Crippen LogP contribution >= 0.6 is 31.9 Å². The molecule has 0 heterocycles. The number of aryl methyl sites for hydroxylation is 1. The topological polar surface area (TPSA) is 0 Å². The maximum atomic E-state index is 3.79. The molecule has 0 saturated carbocycles. The fourth-order valence-electron chi connectivity index (χ4n) is 1.88. The molecule has 1 unspecified atom stereocenters. The van der Waals surface area contributed by atoms with E-state index in [1.54, 1.807) is 0 Å². The van der Waals surface area contributed by atoms with Crippen LogP contribution < -0.4 is 0 Å². The van der Waals surface area contributed by atoms with Gasteiger partial charge in [-0.1, -0.05) is 68.3 Å². The van der Waals surface area contributed by atoms with Gasteiger partial charge in [-0.05, 0) is 42.2 Å². The summed E-state index contributed by atoms with van der Waals surface area (Å²) in [6.07, 6.45) is 1.01. The molecular weight excluding hydrogens is 340 g/mol. The number of halogens is 2. The Hall–Kier alpha value is -0.600. The molecule has 2 heteroatoms. The first-order valence-electron chi connectivity index (χ1n) is 5.61. The van der Waals surface area contributed by atoms with Crippen LogP contribution in [0.25, 0.3) is 0 Å². The van der Waals surface area contributed by atoms with E-state index in [-0.39, 0.29) is 0 Å². The van der Waals surface area contributed by atoms with Gasteiger partial charge in [-0.15, -0.1) is 0 Å². The maximum Gasteiger partial charge on any atom is 0.0438 e. The van der Waals surface area contributed by atoms with Gasteiger partial charge in [-0.2, -0.15) is 0 Å². The third kappa shape index (κ3) is 3.43. The van der Waals surface area contributed by atoms with Gasteiger partial charge in [0, 0.05) is 9.30 Å². The summed E-state index contributed by atoms with van der Waals surface area (Å²) in [5.74, 6) is 0. The van der Waals surface area contributed by atoms with Crippen molar-refractivity contribution in [3.05, 3.63) is 69.7 Å². The highest BCUT2D eigenvalue weighted by Crippen LogP contribution is 2.31. The van der Waals surface area contributed by atoms with Gasteiger partial charge in [0.1, 0.15) is 0 Å². The zero-order chi connectivity index (χ0) is 12.3. The van der Waals surface area contributed by atoms with E-state index >= 15 is 0 Å². The van der Waals surface area contributed by atoms with Crippen molar-refractivity contribution in [2.75, 3.05) is 0 Å². The van der Waals surface area contributed by atoms with Gasteiger partial charge >= 0.3 is 0 Å². The minimum Gasteiger partial charge on any atom is -0.0835 e. The lowest BCUT2D eigenvalue weighted by molar-refractivity contribution is 0.937. The molecule has 0 saturated heterocycles. The molecule has 88 valence electrons. The van der Waals surface area contributed by atoms with Crippen LogP contribution in [0.4, 0.5) is 0 Å². The molecule has 0 N–H and O–H groups in total. The van der Waals surface area contributed by atoms with Gasteiger partial charge in [0.15, 0.2) is 0 Å². The highest BCUT2D eigenvalue weighted by atomic mass is 79.9. The monoisotopic (exact) mass is 352 g/mol. The molecule has 2 aromatic rings. The highest BCUT2D eigenvalue weighted by Gasteiger charge is 2.11. The zero-order valence-electron chi connectivity index (χ0n) is 9.66. The molecule has 0 aliphatic rings. The van der Waals surface area contributed by atoms with E-state index in [9.17, 15) is 0 Å². The quantitative estimate of drug-likeness (QED) is 0.645. The first kappa shape index (κ1) is 12.8. The summed E-state index contributed by atoms with van der Waals surface area (Å²) in [4.78, 5) is 0.363. The van der Waals surface area contributed by atoms with E-state index in [1.807, 2.05) is 0 Å². The van der Waals surface area contributed by atoms with Crippen molar-refractivity contribution < 1.29 is 0 Å². The molecule has 2 aromatic carbocycles. The number of benzene rings is 2. The molecule has 1 atom stereocenters. The van der Waals surface area contributed by atoms with Crippen LogP contribution in [0.1, 0.15) is 21.5 Å². The fourth-order valence-corrected chi connectivity index (χ4v) is 3.13. The largest absolute Gasteiger partial charge is 0.0835 e. The van der Waals surface area contributed by atoms with Crippen LogP contribution in [-0.2, 0) is 6.42 Å². The number of rotatable bonds is 3. The van der Waals surface area contributed by atoms with Crippen molar-refractivity contribution in [3.63, 3.8) is 0 Å². The summed E-state index contributed by atoms with van der Waals surface area (Å²) < 4.78 is 1.13. The second-order valence-corrected chi connectivity index (χ2v) is 6.18. The van der Waals surface area contributed by atoms with Crippen LogP contribution in [0.3, 0.4) is 0 Å². The summed E-state index contributed by atoms with van der Waals surface area (Å²) in [6, 6.07) is 17.0. The molecule has 0 aliphatic carbocycles. The first-order valence-corrected chi connectivity index (χ1v) is 7.32. The van der Waals surface area contributed by atoms with Crippen molar-refractivity contribution in [2.24, 2.45) is 0 Å². The van der Waals surface area contributed by atoms with Gasteiger partial charge in [0.05, 0.1) is 0 Å². The lowest BCUT2D eigenvalue weighted by Crippen LogP contribution is -1.98. The maximum absolute atomic E-state index is 3.79. The summed E-state index contributed by atoms with van der Waals surface area (Å²) in [7, 11) is 0. The molecule has 0 fully saturated rings. The number of hydrogen-bond donors (Lipinski definition) is 0. The van der Waals surface area contributed by atoms with Crippen LogP contribution in [0.2, 0.25) is 0 Å². The number of hydrogen-bond acceptors (Lipinski definition) is 0. The van der Waals surface area contributed by atoms with Crippen LogP contribution in [-0.4, -0.2) is 0 Å². The van der Waals surface area contributed by atoms with Crippen molar-refractivity contribution in [1.29, 1.82) is 0 Å². The van der Waals surface area contributed by atoms with E-state index in [1.165, 1.54) is 16.7 Å². The molecule has 0 radical (unpaired) electrons. The van der Waals surface area contributed by atoms with E-state index in [4.69, 9.17) is 0 Å². The van der Waals surface area contributed by atoms with E-state index < -0.39 is 0 Å². The summed E-state index contributed by atoms with van der Waals surface area (Å²) >= 11 is 7.32. The Morgan fingerprint density at radius 1 is 1.06 bits per heavy atom. The lowest BCUT2D eigenvalue weighted by Gasteiger charge is -2.13. The second kappa shape index (κ2) is 5.83. The third-order valence-corrected chi connectivity index (χ3v) is 4.15. The molecule has 0 amide bonds. The van der Waals surface area contributed by atoms with Crippen molar-refractivity contribution in [2.45, 2.75) is 18.2 Å². The third-order valence-electron chi connectivity index (χ3n) is 2.84. The van der Waals surface area contributed by atoms with Crippen LogP contribution in [0, 0.1) is 6.92 Å². The van der Waals surface area contributed by atoms with E-state index in [2.05, 4.69) is 87.3 Å². The van der Waals surface area contributed by atoms with Gasteiger partial charge in [-0.3, -0.25) is 0 Å². The molecule has 0 aliphatic heterocycles. The zero-order valence-corrected chi connectivity index (χ0v) is 12.8. The Balaban J connectivity index is 2.20. The molecule has 0 nitrogen and oxygen atoms in total. The Morgan fingerprint density at radius 2 is 1.76 bits per heavy atom. The molecule has 17 heavy (non-hydrogen) atoms. The van der Waals surface area contributed by atoms with Gasteiger partial charge < -0.3 is 0 Å². The SMILES string of the molecule is Cc1ccc(Br)cc1C(Br)Cc1ccccc1. The van der Waals surface area contributed by atoms with Crippen molar-refractivity contribution in [3.8, 4) is 0 Å². The Kier molecular flexibility index (Phi) is 4.41. The predicted octanol–water partition coefficient (Wildman–Crippen LogP) is 5.44. The standard InChI is InChI=1S/C15H14Br2/c1-11-7-8-13(16)10-14(11)15(17)9-12-5-3-2-4-6-12/h2-8,10,15H,9H2,1H3. The van der Waals surface area contributed by atoms with E-state index in [0.717, 1.165) is 10.9 Å². The predicted molar refractivity (Wildman–Crippen MR) is 80.7 cm³/mol. The summed E-state index contributed by atoms with van der Waals surface area (Å²) in [6.45, 7) is 2.15. The minimum atomic E-state index is 0.363. The van der Waals surface area contributed by atoms with Crippen LogP contribution in [0.15, 0.2) is 53.0 Å². The Labute approximate surface area is 119 Å². The normalized spacial score (nSPS) is 12.4. The van der Waals surface area contributed by atoms with E-state index in [0.29, 0.717) is 4.83 Å². The summed E-state index contributed by atoms with van der Waals surface area (Å²) in [5, 5.41) is 0. The van der Waals surface area contributed by atoms with Gasteiger partial charge in [-0.25, -0.2) is 0 Å². The van der Waals surface area contributed by atoms with Gasteiger partial charge in [0.25, 0.3) is 0 Å². The number of alkyl halides is 1. The summed E-state index contributed by atoms with van der Waals surface area (Å²) in [5.41, 5.74) is 4.03. The molecule has 0 spiro atoms. The lowest BCUT2D eigenvalue weighted by atomic mass is 10.0. The first-order chi connectivity index (χ1) is 8.16. The molecule has 0 aromatic heterocycles. The average Bonchev–Trinajstić information content (AvgIpc) is 2.33. The van der Waals surface area contributed by atoms with Crippen molar-refractivity contribution in [1.82, 2.24) is 0 Å². The molecule has 0 bridgehead atoms. The van der Waals surface area contributed by atoms with Crippen molar-refractivity contribution >= 4 is 31.9 Å². The second-order valence-electron chi connectivity index (χ2n) is 4.16. The average molecular weight is 354 g/mol. The fraction of sp³-hybridized carbons (Fsp3) is 0.200.